The number of nitrogens with two attached hydrogens (primary N) is 6. The molecule has 31 nitrogen and oxygen atoms in total. The SMILES string of the molecule is CCCCCCCCCCCCCCCC(=O)N[C@@H](CO)C(=O)N[C@H](C(=O)C[C@@H](CC(=O)O)C(=O)N[C@@H](CCCN=C(N)N)C(=O)C[C@@H](CC(C)C)C(=O)NC)[C@@H](C)O.CC[C@H](C)[C@H](CC(=O)[C@H](Cc1ccccc1)NC(=O)[C@H](CCSC)CC(=O)[C@H](Cc1c[nH]c2ccccc12)NC(=O)[C@H](CCCCN)CC(=O)[C@@H](C)CCCN=C(N)N)C(N)=O. The number of benzene rings is 2. The van der Waals surface area contributed by atoms with E-state index in [1.165, 1.54) is 77.1 Å². The van der Waals surface area contributed by atoms with E-state index in [-0.39, 0.29) is 117 Å². The quantitative estimate of drug-likeness (QED) is 0.0147. The van der Waals surface area contributed by atoms with Crippen molar-refractivity contribution in [2.45, 2.75) is 290 Å². The van der Waals surface area contributed by atoms with Crippen LogP contribution in [0.15, 0.2) is 70.8 Å². The van der Waals surface area contributed by atoms with Crippen molar-refractivity contribution in [1.29, 1.82) is 0 Å². The molecule has 0 saturated carbocycles. The van der Waals surface area contributed by atoms with Crippen LogP contribution < -0.4 is 66.3 Å². The number of fused-ring (bicyclic) bond motifs is 1. The second-order valence-electron chi connectivity index (χ2n) is 32.7. The summed E-state index contributed by atoms with van der Waals surface area (Å²) in [4.78, 5) is 185. The number of H-pyrrole nitrogens is 1. The van der Waals surface area contributed by atoms with Crippen LogP contribution in [0.4, 0.5) is 0 Å². The van der Waals surface area contributed by atoms with Crippen LogP contribution >= 0.6 is 11.8 Å². The summed E-state index contributed by atoms with van der Waals surface area (Å²) < 4.78 is 0. The molecule has 0 aliphatic rings. The second-order valence-corrected chi connectivity index (χ2v) is 33.7. The summed E-state index contributed by atoms with van der Waals surface area (Å²) in [5, 5.41) is 46.8. The molecule has 3 aromatic rings. The number of rotatable bonds is 67. The number of guanidine groups is 2. The standard InChI is InChI=1S/C47H70N8O6S.C42H77N7O10/c1-5-30(2)37(44(49)59)28-43(58)39(24-32-15-7-6-8-16-32)54-46(61)34(20-23-62-4)27-42(57)40(25-35-29-53-38-19-10-9-18-36(35)38)55-45(60)33(17-11-12-21-48)26-41(56)31(3)14-13-22-52-47(50)51;1-6-7-8-9-10-11-12-13-14-15-16-17-18-21-36(54)47-33(27-50)41(59)49-38(29(4)51)35(53)25-31(26-37(55)56)40(58)48-32(20-19-22-46-42(43)44)34(52)24-30(23-28(2)3)39(57)45-5/h6-10,15-16,18-19,29-31,33-34,37,39-40,53H,5,11-14,17,20-28,48H2,1-4H3,(H2,49,59)(H,54,61)(H,55,60)(H4,50,51,52);28-33,38,50-51H,6-27H2,1-5H3,(H,45,57)(H,47,54)(H,48,58)(H,49,59)(H,55,56)(H4,43,44,46)/t30-,31-,33+,34+,37-,39-,40-;29-,30-,31+,32+,33+,38+/m01/s1. The zero-order valence-corrected chi connectivity index (χ0v) is 74.3. The summed E-state index contributed by atoms with van der Waals surface area (Å²) in [6, 6.07) is 10.7. The van der Waals surface area contributed by atoms with E-state index in [9.17, 15) is 77.6 Å². The van der Waals surface area contributed by atoms with Gasteiger partial charge in [0.05, 0.1) is 43.2 Å². The number of thioether (sulfide) groups is 1. The Kier molecular flexibility index (Phi) is 55.3. The molecule has 0 unspecified atom stereocenters. The predicted octanol–water partition coefficient (Wildman–Crippen LogP) is 7.52. The molecule has 0 aliphatic heterocycles. The first kappa shape index (κ1) is 108. The Labute approximate surface area is 720 Å². The molecule has 0 saturated heterocycles. The maximum absolute atomic E-state index is 14.6. The van der Waals surface area contributed by atoms with Crippen LogP contribution in [-0.2, 0) is 75.2 Å². The summed E-state index contributed by atoms with van der Waals surface area (Å²) in [5.74, 6) is -12.1. The highest BCUT2D eigenvalue weighted by atomic mass is 32.2. The summed E-state index contributed by atoms with van der Waals surface area (Å²) >= 11 is 1.53. The number of aliphatic carboxylic acids is 1. The van der Waals surface area contributed by atoms with Gasteiger partial charge in [0.1, 0.15) is 17.9 Å². The number of carboxylic acid groups (broad SMARTS) is 1. The normalized spacial score (nSPS) is 14.5. The van der Waals surface area contributed by atoms with Gasteiger partial charge in [-0.25, -0.2) is 0 Å². The predicted molar refractivity (Wildman–Crippen MR) is 476 cm³/mol. The van der Waals surface area contributed by atoms with Gasteiger partial charge in [0.2, 0.25) is 41.4 Å². The minimum Gasteiger partial charge on any atom is -0.481 e. The van der Waals surface area contributed by atoms with Gasteiger partial charge in [-0.05, 0) is 119 Å². The topological polar surface area (TPSA) is 551 Å². The Morgan fingerprint density at radius 2 is 1.02 bits per heavy atom. The molecule has 0 bridgehead atoms. The van der Waals surface area contributed by atoms with Crippen LogP contribution in [0, 0.1) is 47.3 Å². The number of aromatic amines is 1. The van der Waals surface area contributed by atoms with Crippen molar-refractivity contribution in [2.24, 2.45) is 91.7 Å². The molecule has 2 aromatic carbocycles. The monoisotopic (exact) mass is 1710 g/mol. The zero-order valence-electron chi connectivity index (χ0n) is 73.4. The van der Waals surface area contributed by atoms with Crippen LogP contribution in [-0.4, -0.2) is 190 Å². The first-order valence-electron chi connectivity index (χ1n) is 43.7. The number of carbonyl (C=O) groups excluding carboxylic acids is 12. The van der Waals surface area contributed by atoms with Gasteiger partial charge >= 0.3 is 5.97 Å². The highest BCUT2D eigenvalue weighted by Crippen LogP contribution is 2.27. The Balaban J connectivity index is 0.000000822. The Hall–Kier alpha value is -9.14. The number of nitrogens with one attached hydrogen (secondary N) is 7. The number of unbranched alkanes of at least 4 members (excludes halogenated alkanes) is 13. The minimum atomic E-state index is -1.63. The molecule has 0 radical (unpaired) electrons. The highest BCUT2D eigenvalue weighted by molar-refractivity contribution is 7.98. The molecule has 1 heterocycles. The number of aliphatic imine (C=N–C) groups is 2. The molecular weight excluding hydrogens is 1570 g/mol. The van der Waals surface area contributed by atoms with Gasteiger partial charge in [-0.2, -0.15) is 11.8 Å². The van der Waals surface area contributed by atoms with Crippen molar-refractivity contribution in [2.75, 3.05) is 45.3 Å². The third-order valence-electron chi connectivity index (χ3n) is 22.0. The summed E-state index contributed by atoms with van der Waals surface area (Å²) in [5.41, 5.74) is 35.8. The molecular formula is C89H147N15O16S. The maximum atomic E-state index is 14.6. The van der Waals surface area contributed by atoms with Gasteiger partial charge < -0.3 is 86.6 Å². The average Bonchev–Trinajstić information content (AvgIpc) is 1.71. The van der Waals surface area contributed by atoms with Crippen molar-refractivity contribution < 1.29 is 77.6 Å². The lowest BCUT2D eigenvalue weighted by molar-refractivity contribution is -0.143. The fourth-order valence-electron chi connectivity index (χ4n) is 14.6. The van der Waals surface area contributed by atoms with Crippen molar-refractivity contribution in [3.8, 4) is 0 Å². The van der Waals surface area contributed by atoms with E-state index in [0.29, 0.717) is 76.6 Å². The number of hydrogen-bond donors (Lipinski definition) is 16. The summed E-state index contributed by atoms with van der Waals surface area (Å²) in [7, 11) is 1.45. The van der Waals surface area contributed by atoms with Crippen LogP contribution in [0.2, 0.25) is 0 Å². The Bertz CT molecular complexity index is 3700. The Morgan fingerprint density at radius 1 is 0.504 bits per heavy atom. The largest absolute Gasteiger partial charge is 0.481 e. The average molecular weight is 1720 g/mol. The smallest absolute Gasteiger partial charge is 0.304 e. The van der Waals surface area contributed by atoms with E-state index in [0.717, 1.165) is 47.7 Å². The number of amides is 7. The third-order valence-corrected chi connectivity index (χ3v) is 22.7. The minimum absolute atomic E-state index is 0.00288. The van der Waals surface area contributed by atoms with Crippen molar-refractivity contribution >= 4 is 111 Å². The van der Waals surface area contributed by atoms with E-state index >= 15 is 0 Å². The number of hydrogen-bond acceptors (Lipinski definition) is 19. The number of primary amides is 1. The molecule has 0 fully saturated rings. The van der Waals surface area contributed by atoms with Crippen molar-refractivity contribution in [3.05, 3.63) is 71.9 Å². The first-order valence-corrected chi connectivity index (χ1v) is 45.1. The molecule has 7 amide bonds. The zero-order chi connectivity index (χ0) is 90.4. The molecule has 3 rings (SSSR count). The van der Waals surface area contributed by atoms with Crippen LogP contribution in [0.5, 0.6) is 0 Å². The van der Waals surface area contributed by atoms with Crippen molar-refractivity contribution in [3.63, 3.8) is 0 Å². The van der Waals surface area contributed by atoms with Crippen molar-refractivity contribution in [1.82, 2.24) is 36.9 Å². The fraction of sp³-hybridized carbons (Fsp3) is 0.674. The number of nitrogens with zero attached hydrogens (tertiary/aromatic N) is 2. The first-order chi connectivity index (χ1) is 57.6. The molecule has 121 heavy (non-hydrogen) atoms. The van der Waals surface area contributed by atoms with E-state index in [4.69, 9.17) is 34.4 Å². The molecule has 0 spiro atoms. The number of carboxylic acids is 1. The summed E-state index contributed by atoms with van der Waals surface area (Å²) in [6.45, 7) is 13.0. The lowest BCUT2D eigenvalue weighted by atomic mass is 9.84. The number of carbonyl (C=O) groups is 13. The molecule has 22 N–H and O–H groups in total. The number of aliphatic hydroxyl groups excluding tert-OH is 2. The van der Waals surface area contributed by atoms with E-state index in [1.54, 1.807) is 0 Å². The highest BCUT2D eigenvalue weighted by Gasteiger charge is 2.38. The van der Waals surface area contributed by atoms with Gasteiger partial charge in [-0.15, -0.1) is 0 Å². The molecule has 680 valence electrons. The van der Waals surface area contributed by atoms with Gasteiger partial charge in [-0.3, -0.25) is 72.3 Å². The van der Waals surface area contributed by atoms with Gasteiger partial charge in [0, 0.05) is 112 Å². The lowest BCUT2D eigenvalue weighted by Crippen LogP contribution is -2.56. The maximum Gasteiger partial charge on any atom is 0.304 e. The fourth-order valence-corrected chi connectivity index (χ4v) is 15.1. The number of Topliss-reactive ketones (excluding diaryl/α,β-unsaturated/α-hetero) is 5. The van der Waals surface area contributed by atoms with Gasteiger partial charge in [-0.1, -0.05) is 180 Å². The number of para-hydroxylation sites is 1. The number of aromatic nitrogens is 1. The number of ketones is 5. The summed E-state index contributed by atoms with van der Waals surface area (Å²) in [6.07, 6.45) is 20.0. The molecule has 0 aliphatic carbocycles. The third kappa shape index (κ3) is 45.0. The van der Waals surface area contributed by atoms with E-state index in [1.807, 2.05) is 102 Å². The van der Waals surface area contributed by atoms with E-state index < -0.39 is 138 Å². The van der Waals surface area contributed by atoms with Crippen LogP contribution in [0.3, 0.4) is 0 Å². The lowest BCUT2D eigenvalue weighted by Gasteiger charge is -2.26. The number of aliphatic hydroxyl groups is 2. The van der Waals surface area contributed by atoms with Crippen LogP contribution in [0.25, 0.3) is 10.9 Å². The molecule has 13 atom stereocenters. The molecule has 32 heteroatoms. The van der Waals surface area contributed by atoms with Crippen LogP contribution in [0.1, 0.15) is 252 Å². The second kappa shape index (κ2) is 62.0. The Morgan fingerprint density at radius 3 is 1.55 bits per heavy atom. The van der Waals surface area contributed by atoms with E-state index in [2.05, 4.69) is 53.8 Å². The van der Waals surface area contributed by atoms with Gasteiger partial charge in [0.15, 0.2) is 35.1 Å². The molecule has 1 aromatic heterocycles. The van der Waals surface area contributed by atoms with Gasteiger partial charge in [0.25, 0.3) is 0 Å².